The van der Waals surface area contributed by atoms with Gasteiger partial charge < -0.3 is 5.32 Å². The maximum absolute atomic E-state index is 3.85. The average Bonchev–Trinajstić information content (AvgIpc) is 2.46. The fourth-order valence-corrected chi connectivity index (χ4v) is 3.22. The van der Waals surface area contributed by atoms with E-state index in [2.05, 4.69) is 49.5 Å². The highest BCUT2D eigenvalue weighted by Crippen LogP contribution is 2.28. The van der Waals surface area contributed by atoms with E-state index in [-0.39, 0.29) is 0 Å². The largest absolute Gasteiger partial charge is 0.307 e. The summed E-state index contributed by atoms with van der Waals surface area (Å²) in [4.78, 5) is 0. The van der Waals surface area contributed by atoms with Crippen LogP contribution in [0, 0.1) is 5.92 Å². The van der Waals surface area contributed by atoms with Crippen LogP contribution in [-0.2, 0) is 0 Å². The minimum atomic E-state index is 0.517. The fraction of sp³-hybridized carbons (Fsp3) is 0.647. The van der Waals surface area contributed by atoms with E-state index in [0.29, 0.717) is 12.1 Å². The van der Waals surface area contributed by atoms with E-state index in [9.17, 15) is 0 Å². The van der Waals surface area contributed by atoms with Gasteiger partial charge in [-0.15, -0.1) is 0 Å². The summed E-state index contributed by atoms with van der Waals surface area (Å²) in [7, 11) is 0. The van der Waals surface area contributed by atoms with E-state index in [0.717, 1.165) is 5.92 Å². The van der Waals surface area contributed by atoms with Gasteiger partial charge in [0.2, 0.25) is 0 Å². The third kappa shape index (κ3) is 3.58. The second-order valence-corrected chi connectivity index (χ2v) is 5.72. The number of hydrogen-bond acceptors (Lipinski definition) is 1. The van der Waals surface area contributed by atoms with Crippen molar-refractivity contribution in [1.82, 2.24) is 5.32 Å². The van der Waals surface area contributed by atoms with Crippen molar-refractivity contribution in [2.75, 3.05) is 0 Å². The first kappa shape index (κ1) is 13.6. The Morgan fingerprint density at radius 2 is 1.78 bits per heavy atom. The van der Waals surface area contributed by atoms with Gasteiger partial charge in [0.1, 0.15) is 0 Å². The Morgan fingerprint density at radius 1 is 1.11 bits per heavy atom. The first-order chi connectivity index (χ1) is 8.81. The quantitative estimate of drug-likeness (QED) is 0.793. The number of nitrogens with one attached hydrogen (secondary N) is 1. The summed E-state index contributed by atoms with van der Waals surface area (Å²) in [6.45, 7) is 4.65. The van der Waals surface area contributed by atoms with Crippen molar-refractivity contribution in [2.24, 2.45) is 5.92 Å². The van der Waals surface area contributed by atoms with Crippen LogP contribution in [0.5, 0.6) is 0 Å². The minimum Gasteiger partial charge on any atom is -0.307 e. The third-order valence-electron chi connectivity index (χ3n) is 4.43. The Morgan fingerprint density at radius 3 is 2.39 bits per heavy atom. The van der Waals surface area contributed by atoms with Gasteiger partial charge in [0.05, 0.1) is 0 Å². The first-order valence-electron chi connectivity index (χ1n) is 7.62. The van der Waals surface area contributed by atoms with Gasteiger partial charge in [-0.25, -0.2) is 0 Å². The molecule has 18 heavy (non-hydrogen) atoms. The van der Waals surface area contributed by atoms with Gasteiger partial charge in [0.25, 0.3) is 0 Å². The SMILES string of the molecule is CCC(NC(C)C1CCCCC1)c1ccccc1. The molecule has 1 aromatic carbocycles. The summed E-state index contributed by atoms with van der Waals surface area (Å²) in [6.07, 6.45) is 8.30. The van der Waals surface area contributed by atoms with E-state index in [4.69, 9.17) is 0 Å². The molecule has 0 aromatic heterocycles. The summed E-state index contributed by atoms with van der Waals surface area (Å²) in [5, 5.41) is 3.85. The summed E-state index contributed by atoms with van der Waals surface area (Å²) in [6, 6.07) is 12.0. The van der Waals surface area contributed by atoms with Gasteiger partial charge in [-0.3, -0.25) is 0 Å². The molecule has 0 saturated heterocycles. The second kappa shape index (κ2) is 6.94. The van der Waals surface area contributed by atoms with E-state index >= 15 is 0 Å². The molecule has 2 unspecified atom stereocenters. The molecule has 0 heterocycles. The highest BCUT2D eigenvalue weighted by molar-refractivity contribution is 5.18. The smallest absolute Gasteiger partial charge is 0.0320 e. The van der Waals surface area contributed by atoms with Crippen LogP contribution >= 0.6 is 0 Å². The molecule has 1 saturated carbocycles. The van der Waals surface area contributed by atoms with E-state index in [1.54, 1.807) is 0 Å². The Bertz CT molecular complexity index is 327. The molecule has 0 aliphatic heterocycles. The Kier molecular flexibility index (Phi) is 5.25. The minimum absolute atomic E-state index is 0.517. The molecule has 1 aliphatic carbocycles. The topological polar surface area (TPSA) is 12.0 Å². The number of hydrogen-bond donors (Lipinski definition) is 1. The Hall–Kier alpha value is -0.820. The van der Waals surface area contributed by atoms with Gasteiger partial charge >= 0.3 is 0 Å². The van der Waals surface area contributed by atoms with E-state index in [1.807, 2.05) is 0 Å². The molecule has 2 rings (SSSR count). The van der Waals surface area contributed by atoms with Crippen molar-refractivity contribution >= 4 is 0 Å². The Balaban J connectivity index is 1.93. The normalized spacial score (nSPS) is 20.6. The van der Waals surface area contributed by atoms with Gasteiger partial charge in [0, 0.05) is 12.1 Å². The van der Waals surface area contributed by atoms with Gasteiger partial charge in [0.15, 0.2) is 0 Å². The lowest BCUT2D eigenvalue weighted by Crippen LogP contribution is -2.37. The van der Waals surface area contributed by atoms with Crippen LogP contribution in [0.15, 0.2) is 30.3 Å². The van der Waals surface area contributed by atoms with Crippen molar-refractivity contribution < 1.29 is 0 Å². The standard InChI is InChI=1S/C17H27N/c1-3-17(16-12-8-5-9-13-16)18-14(2)15-10-6-4-7-11-15/h5,8-9,12-15,17-18H,3-4,6-7,10-11H2,1-2H3. The summed E-state index contributed by atoms with van der Waals surface area (Å²) in [5.74, 6) is 0.886. The molecule has 2 atom stereocenters. The molecule has 100 valence electrons. The van der Waals surface area contributed by atoms with Gasteiger partial charge in [-0.2, -0.15) is 0 Å². The first-order valence-corrected chi connectivity index (χ1v) is 7.62. The van der Waals surface area contributed by atoms with Crippen molar-refractivity contribution in [3.05, 3.63) is 35.9 Å². The lowest BCUT2D eigenvalue weighted by Gasteiger charge is -2.31. The molecule has 1 nitrogen and oxygen atoms in total. The summed E-state index contributed by atoms with van der Waals surface area (Å²) >= 11 is 0. The average molecular weight is 245 g/mol. The molecule has 1 aliphatic rings. The van der Waals surface area contributed by atoms with Crippen molar-refractivity contribution in [3.63, 3.8) is 0 Å². The van der Waals surface area contributed by atoms with Crippen LogP contribution in [-0.4, -0.2) is 6.04 Å². The van der Waals surface area contributed by atoms with Crippen LogP contribution < -0.4 is 5.32 Å². The highest BCUT2D eigenvalue weighted by Gasteiger charge is 2.22. The van der Waals surface area contributed by atoms with E-state index in [1.165, 1.54) is 44.1 Å². The van der Waals surface area contributed by atoms with Crippen LogP contribution in [0.1, 0.15) is 64.0 Å². The van der Waals surface area contributed by atoms with Crippen molar-refractivity contribution in [3.8, 4) is 0 Å². The predicted octanol–water partition coefficient (Wildman–Crippen LogP) is 4.70. The van der Waals surface area contributed by atoms with Crippen molar-refractivity contribution in [2.45, 2.75) is 64.5 Å². The van der Waals surface area contributed by atoms with Crippen LogP contribution in [0.4, 0.5) is 0 Å². The highest BCUT2D eigenvalue weighted by atomic mass is 14.9. The second-order valence-electron chi connectivity index (χ2n) is 5.72. The number of benzene rings is 1. The van der Waals surface area contributed by atoms with E-state index < -0.39 is 0 Å². The zero-order valence-corrected chi connectivity index (χ0v) is 11.9. The van der Waals surface area contributed by atoms with Gasteiger partial charge in [-0.1, -0.05) is 56.5 Å². The zero-order chi connectivity index (χ0) is 12.8. The number of rotatable bonds is 5. The lowest BCUT2D eigenvalue weighted by atomic mass is 9.84. The molecule has 1 aromatic rings. The molecule has 0 amide bonds. The third-order valence-corrected chi connectivity index (χ3v) is 4.43. The van der Waals surface area contributed by atoms with Gasteiger partial charge in [-0.05, 0) is 37.7 Å². The maximum atomic E-state index is 3.85. The molecular weight excluding hydrogens is 218 g/mol. The summed E-state index contributed by atoms with van der Waals surface area (Å²) in [5.41, 5.74) is 1.43. The lowest BCUT2D eigenvalue weighted by molar-refractivity contribution is 0.262. The van der Waals surface area contributed by atoms with Crippen LogP contribution in [0.2, 0.25) is 0 Å². The van der Waals surface area contributed by atoms with Crippen LogP contribution in [0.25, 0.3) is 0 Å². The summed E-state index contributed by atoms with van der Waals surface area (Å²) < 4.78 is 0. The molecular formula is C17H27N. The zero-order valence-electron chi connectivity index (χ0n) is 11.9. The molecule has 0 bridgehead atoms. The molecule has 1 fully saturated rings. The molecule has 0 radical (unpaired) electrons. The molecule has 1 heteroatoms. The monoisotopic (exact) mass is 245 g/mol. The predicted molar refractivity (Wildman–Crippen MR) is 78.6 cm³/mol. The molecule has 1 N–H and O–H groups in total. The Labute approximate surface area is 112 Å². The maximum Gasteiger partial charge on any atom is 0.0320 e. The molecule has 0 spiro atoms. The van der Waals surface area contributed by atoms with Crippen molar-refractivity contribution in [1.29, 1.82) is 0 Å². The van der Waals surface area contributed by atoms with Crippen LogP contribution in [0.3, 0.4) is 0 Å². The fourth-order valence-electron chi connectivity index (χ4n) is 3.22.